The third kappa shape index (κ3) is 4.85. The van der Waals surface area contributed by atoms with Crippen LogP contribution in [0, 0.1) is 16.0 Å². The molecule has 10 nitrogen and oxygen atoms in total. The van der Waals surface area contributed by atoms with Gasteiger partial charge in [0.15, 0.2) is 0 Å². The van der Waals surface area contributed by atoms with Crippen LogP contribution in [0.25, 0.3) is 0 Å². The Kier molecular flexibility index (Phi) is 7.03. The van der Waals surface area contributed by atoms with Crippen molar-refractivity contribution in [2.24, 2.45) is 5.92 Å². The van der Waals surface area contributed by atoms with Crippen LogP contribution in [-0.2, 0) is 14.8 Å². The highest BCUT2D eigenvalue weighted by atomic mass is 32.2. The van der Waals surface area contributed by atoms with Gasteiger partial charge in [0.25, 0.3) is 5.69 Å². The first-order valence-corrected chi connectivity index (χ1v) is 12.7. The summed E-state index contributed by atoms with van der Waals surface area (Å²) >= 11 is 0. The van der Waals surface area contributed by atoms with Gasteiger partial charge in [-0.05, 0) is 43.2 Å². The van der Waals surface area contributed by atoms with Gasteiger partial charge >= 0.3 is 0 Å². The molecule has 0 N–H and O–H groups in total. The minimum absolute atomic E-state index is 0.0312. The van der Waals surface area contributed by atoms with E-state index in [0.29, 0.717) is 50.5 Å². The number of carbonyl (C=O) groups is 1. The molecule has 2 fully saturated rings. The summed E-state index contributed by atoms with van der Waals surface area (Å²) in [6, 6.07) is 12.9. The van der Waals surface area contributed by atoms with E-state index in [9.17, 15) is 23.3 Å². The summed E-state index contributed by atoms with van der Waals surface area (Å²) < 4.78 is 32.4. The number of rotatable bonds is 6. The van der Waals surface area contributed by atoms with Gasteiger partial charge in [0.05, 0.1) is 16.9 Å². The Morgan fingerprint density at radius 3 is 2.18 bits per heavy atom. The molecule has 0 aliphatic carbocycles. The van der Waals surface area contributed by atoms with Gasteiger partial charge in [0.2, 0.25) is 15.9 Å². The number of carbonyl (C=O) groups excluding carboxylic acids is 1. The lowest BCUT2D eigenvalue weighted by Gasteiger charge is -2.38. The predicted molar refractivity (Wildman–Crippen MR) is 126 cm³/mol. The van der Waals surface area contributed by atoms with Gasteiger partial charge in [0.1, 0.15) is 11.4 Å². The minimum Gasteiger partial charge on any atom is -0.497 e. The molecule has 2 aliphatic heterocycles. The molecule has 0 saturated carbocycles. The van der Waals surface area contributed by atoms with Crippen molar-refractivity contribution >= 4 is 27.3 Å². The van der Waals surface area contributed by atoms with E-state index < -0.39 is 10.0 Å². The van der Waals surface area contributed by atoms with E-state index in [2.05, 4.69) is 0 Å². The van der Waals surface area contributed by atoms with Gasteiger partial charge in [-0.3, -0.25) is 14.9 Å². The Balaban J connectivity index is 1.32. The van der Waals surface area contributed by atoms with E-state index in [1.165, 1.54) is 29.6 Å². The number of benzene rings is 2. The third-order valence-corrected chi connectivity index (χ3v) is 8.42. The number of nitro groups is 1. The molecule has 2 heterocycles. The summed E-state index contributed by atoms with van der Waals surface area (Å²) in [6.07, 6.45) is 1.21. The average Bonchev–Trinajstić information content (AvgIpc) is 2.88. The number of anilines is 1. The molecule has 2 aromatic rings. The fourth-order valence-electron chi connectivity index (χ4n) is 4.56. The van der Waals surface area contributed by atoms with E-state index in [4.69, 9.17) is 4.74 Å². The molecule has 4 rings (SSSR count). The maximum atomic E-state index is 13.1. The lowest BCUT2D eigenvalue weighted by Crippen LogP contribution is -2.52. The van der Waals surface area contributed by atoms with Crippen LogP contribution in [0.1, 0.15) is 12.8 Å². The maximum Gasteiger partial charge on any atom is 0.292 e. The summed E-state index contributed by atoms with van der Waals surface area (Å²) in [5.74, 6) is 0.453. The topological polar surface area (TPSA) is 113 Å². The molecule has 2 aliphatic rings. The molecule has 0 atom stereocenters. The zero-order chi connectivity index (χ0) is 24.3. The quantitative estimate of drug-likeness (QED) is 0.453. The van der Waals surface area contributed by atoms with Gasteiger partial charge in [-0.1, -0.05) is 12.1 Å². The Hall–Kier alpha value is -3.18. The van der Waals surface area contributed by atoms with Crippen molar-refractivity contribution in [3.63, 3.8) is 0 Å². The van der Waals surface area contributed by atoms with Crippen LogP contribution < -0.4 is 9.64 Å². The predicted octanol–water partition coefficient (Wildman–Crippen LogP) is 2.35. The van der Waals surface area contributed by atoms with E-state index >= 15 is 0 Å². The summed E-state index contributed by atoms with van der Waals surface area (Å²) in [5.41, 5.74) is 0.650. The maximum absolute atomic E-state index is 13.1. The number of nitrogens with zero attached hydrogens (tertiary/aromatic N) is 4. The first kappa shape index (κ1) is 24.0. The molecule has 0 unspecified atom stereocenters. The molecular formula is C23H28N4O6S. The number of amides is 1. The van der Waals surface area contributed by atoms with Crippen LogP contribution in [-0.4, -0.2) is 74.8 Å². The van der Waals surface area contributed by atoms with Gasteiger partial charge in [-0.2, -0.15) is 4.31 Å². The molecule has 182 valence electrons. The summed E-state index contributed by atoms with van der Waals surface area (Å²) in [4.78, 5) is 27.9. The number of piperazine rings is 1. The lowest BCUT2D eigenvalue weighted by atomic mass is 9.94. The molecule has 0 spiro atoms. The van der Waals surface area contributed by atoms with Crippen molar-refractivity contribution in [3.05, 3.63) is 58.6 Å². The Labute approximate surface area is 198 Å². The number of hydrogen-bond donors (Lipinski definition) is 0. The van der Waals surface area contributed by atoms with E-state index in [1.807, 2.05) is 4.90 Å². The molecule has 2 saturated heterocycles. The van der Waals surface area contributed by atoms with E-state index in [-0.39, 0.29) is 40.4 Å². The number of piperidine rings is 1. The zero-order valence-electron chi connectivity index (χ0n) is 19.0. The summed E-state index contributed by atoms with van der Waals surface area (Å²) in [6.45, 7) is 2.31. The monoisotopic (exact) mass is 488 g/mol. The van der Waals surface area contributed by atoms with Crippen molar-refractivity contribution in [2.45, 2.75) is 17.7 Å². The van der Waals surface area contributed by atoms with Crippen LogP contribution in [0.3, 0.4) is 0 Å². The van der Waals surface area contributed by atoms with Crippen molar-refractivity contribution in [1.29, 1.82) is 0 Å². The van der Waals surface area contributed by atoms with Crippen molar-refractivity contribution < 1.29 is 22.9 Å². The zero-order valence-corrected chi connectivity index (χ0v) is 19.8. The molecule has 2 aromatic carbocycles. The standard InChI is InChI=1S/C23H28N4O6S/c1-33-19-6-8-20(9-7-19)34(31,32)26-16-14-25(15-17-26)23(28)18-10-12-24(13-11-18)21-4-2-3-5-22(21)27(29)30/h2-9,18H,10-17H2,1H3. The van der Waals surface area contributed by atoms with E-state index in [1.54, 1.807) is 35.2 Å². The van der Waals surface area contributed by atoms with Crippen LogP contribution in [0.15, 0.2) is 53.4 Å². The van der Waals surface area contributed by atoms with Gasteiger partial charge in [-0.15, -0.1) is 0 Å². The molecule has 0 bridgehead atoms. The van der Waals surface area contributed by atoms with Crippen LogP contribution in [0.4, 0.5) is 11.4 Å². The summed E-state index contributed by atoms with van der Waals surface area (Å²) in [7, 11) is -2.11. The first-order chi connectivity index (χ1) is 16.3. The van der Waals surface area contributed by atoms with Gasteiger partial charge in [0, 0.05) is 51.3 Å². The minimum atomic E-state index is -3.63. The Morgan fingerprint density at radius 2 is 1.59 bits per heavy atom. The highest BCUT2D eigenvalue weighted by Crippen LogP contribution is 2.32. The highest BCUT2D eigenvalue weighted by molar-refractivity contribution is 7.89. The number of para-hydroxylation sites is 2. The molecule has 11 heteroatoms. The summed E-state index contributed by atoms with van der Waals surface area (Å²) in [5, 5.41) is 11.3. The van der Waals surface area contributed by atoms with Crippen molar-refractivity contribution in [1.82, 2.24) is 9.21 Å². The SMILES string of the molecule is COc1ccc(S(=O)(=O)N2CCN(C(=O)C3CCN(c4ccccc4[N+](=O)[O-])CC3)CC2)cc1. The second-order valence-electron chi connectivity index (χ2n) is 8.41. The Bertz CT molecular complexity index is 1140. The van der Waals surface area contributed by atoms with Crippen LogP contribution in [0.2, 0.25) is 0 Å². The second kappa shape index (κ2) is 9.98. The third-order valence-electron chi connectivity index (χ3n) is 6.51. The number of methoxy groups -OCH3 is 1. The molecule has 0 aromatic heterocycles. The Morgan fingerprint density at radius 1 is 0.971 bits per heavy atom. The number of hydrogen-bond acceptors (Lipinski definition) is 7. The second-order valence-corrected chi connectivity index (χ2v) is 10.3. The molecule has 0 radical (unpaired) electrons. The van der Waals surface area contributed by atoms with Crippen molar-refractivity contribution in [2.75, 3.05) is 51.3 Å². The number of ether oxygens (including phenoxy) is 1. The fraction of sp³-hybridized carbons (Fsp3) is 0.435. The van der Waals surface area contributed by atoms with E-state index in [0.717, 1.165) is 0 Å². The largest absolute Gasteiger partial charge is 0.497 e. The molecular weight excluding hydrogens is 460 g/mol. The van der Waals surface area contributed by atoms with Crippen LogP contribution >= 0.6 is 0 Å². The van der Waals surface area contributed by atoms with Gasteiger partial charge < -0.3 is 14.5 Å². The lowest BCUT2D eigenvalue weighted by molar-refractivity contribution is -0.384. The molecule has 34 heavy (non-hydrogen) atoms. The number of sulfonamides is 1. The van der Waals surface area contributed by atoms with Crippen LogP contribution in [0.5, 0.6) is 5.75 Å². The van der Waals surface area contributed by atoms with Gasteiger partial charge in [-0.25, -0.2) is 8.42 Å². The van der Waals surface area contributed by atoms with Crippen molar-refractivity contribution in [3.8, 4) is 5.75 Å². The molecule has 1 amide bonds. The normalized spacial score (nSPS) is 18.0. The fourth-order valence-corrected chi connectivity index (χ4v) is 5.98. The first-order valence-electron chi connectivity index (χ1n) is 11.2. The number of nitro benzene ring substituents is 1. The smallest absolute Gasteiger partial charge is 0.292 e. The average molecular weight is 489 g/mol. The highest BCUT2D eigenvalue weighted by Gasteiger charge is 2.34.